The van der Waals surface area contributed by atoms with Gasteiger partial charge < -0.3 is 0 Å². The third kappa shape index (κ3) is 3.16. The maximum atomic E-state index is 11.9. The molecule has 0 spiro atoms. The SMILES string of the molecule is O=C1C=CC(=O)N1Cc1ccccc1-c1ccccc1CN1C(=O)C=CC1=O. The van der Waals surface area contributed by atoms with Crippen LogP contribution in [0.3, 0.4) is 0 Å². The van der Waals surface area contributed by atoms with Crippen LogP contribution in [0, 0.1) is 0 Å². The van der Waals surface area contributed by atoms with Gasteiger partial charge in [-0.3, -0.25) is 29.0 Å². The summed E-state index contributed by atoms with van der Waals surface area (Å²) >= 11 is 0. The number of rotatable bonds is 5. The fraction of sp³-hybridized carbons (Fsp3) is 0.0909. The highest BCUT2D eigenvalue weighted by Gasteiger charge is 2.26. The molecule has 0 saturated carbocycles. The minimum absolute atomic E-state index is 0.151. The van der Waals surface area contributed by atoms with E-state index in [1.54, 1.807) is 0 Å². The number of benzene rings is 2. The Morgan fingerprint density at radius 1 is 0.500 bits per heavy atom. The second-order valence-corrected chi connectivity index (χ2v) is 6.51. The Morgan fingerprint density at radius 2 is 0.821 bits per heavy atom. The van der Waals surface area contributed by atoms with Crippen molar-refractivity contribution in [2.24, 2.45) is 0 Å². The number of nitrogens with zero attached hydrogens (tertiary/aromatic N) is 2. The number of hydrogen-bond donors (Lipinski definition) is 0. The molecular formula is C22H16N2O4. The summed E-state index contributed by atoms with van der Waals surface area (Å²) < 4.78 is 0. The van der Waals surface area contributed by atoms with Gasteiger partial charge in [0.05, 0.1) is 13.1 Å². The van der Waals surface area contributed by atoms with Gasteiger partial charge in [0.25, 0.3) is 23.6 Å². The van der Waals surface area contributed by atoms with Crippen molar-refractivity contribution in [2.45, 2.75) is 13.1 Å². The Hall–Kier alpha value is -3.80. The van der Waals surface area contributed by atoms with Crippen molar-refractivity contribution >= 4 is 23.6 Å². The molecule has 2 heterocycles. The van der Waals surface area contributed by atoms with Gasteiger partial charge in [-0.25, -0.2) is 0 Å². The highest BCUT2D eigenvalue weighted by Crippen LogP contribution is 2.30. The lowest BCUT2D eigenvalue weighted by atomic mass is 9.94. The lowest BCUT2D eigenvalue weighted by Gasteiger charge is -2.20. The molecule has 4 amide bonds. The Morgan fingerprint density at radius 3 is 1.18 bits per heavy atom. The van der Waals surface area contributed by atoms with E-state index < -0.39 is 0 Å². The average Bonchev–Trinajstić information content (AvgIpc) is 3.19. The van der Waals surface area contributed by atoms with Crippen LogP contribution in [0.2, 0.25) is 0 Å². The number of carbonyl (C=O) groups excluding carboxylic acids is 4. The third-order valence-electron chi connectivity index (χ3n) is 4.78. The van der Waals surface area contributed by atoms with E-state index in [1.807, 2.05) is 48.5 Å². The van der Waals surface area contributed by atoms with Crippen molar-refractivity contribution in [3.05, 3.63) is 84.0 Å². The molecular weight excluding hydrogens is 356 g/mol. The van der Waals surface area contributed by atoms with E-state index in [4.69, 9.17) is 0 Å². The standard InChI is InChI=1S/C22H16N2O4/c25-19-9-10-20(26)23(19)13-15-5-1-3-7-17(15)18-8-4-2-6-16(18)14-24-21(27)11-12-22(24)28/h1-12H,13-14H2. The molecule has 4 rings (SSSR count). The van der Waals surface area contributed by atoms with Gasteiger partial charge in [-0.15, -0.1) is 0 Å². The first-order chi connectivity index (χ1) is 13.5. The van der Waals surface area contributed by atoms with Gasteiger partial charge in [-0.1, -0.05) is 48.5 Å². The van der Waals surface area contributed by atoms with Crippen molar-refractivity contribution in [3.8, 4) is 11.1 Å². The first-order valence-corrected chi connectivity index (χ1v) is 8.78. The first-order valence-electron chi connectivity index (χ1n) is 8.78. The molecule has 28 heavy (non-hydrogen) atoms. The largest absolute Gasteiger partial charge is 0.271 e. The van der Waals surface area contributed by atoms with Gasteiger partial charge in [0.1, 0.15) is 0 Å². The molecule has 0 unspecified atom stereocenters. The van der Waals surface area contributed by atoms with Gasteiger partial charge in [-0.2, -0.15) is 0 Å². The van der Waals surface area contributed by atoms with E-state index >= 15 is 0 Å². The summed E-state index contributed by atoms with van der Waals surface area (Å²) in [5.41, 5.74) is 3.30. The van der Waals surface area contributed by atoms with Gasteiger partial charge in [0, 0.05) is 24.3 Å². The van der Waals surface area contributed by atoms with Crippen LogP contribution in [-0.4, -0.2) is 33.4 Å². The van der Waals surface area contributed by atoms with Gasteiger partial charge >= 0.3 is 0 Å². The first kappa shape index (κ1) is 17.6. The summed E-state index contributed by atoms with van der Waals surface area (Å²) in [5, 5.41) is 0. The van der Waals surface area contributed by atoms with Gasteiger partial charge in [0.15, 0.2) is 0 Å². The second-order valence-electron chi connectivity index (χ2n) is 6.51. The minimum Gasteiger partial charge on any atom is -0.271 e. The van der Waals surface area contributed by atoms with E-state index in [-0.39, 0.29) is 36.7 Å². The molecule has 2 aliphatic rings. The predicted molar refractivity (Wildman–Crippen MR) is 101 cm³/mol. The van der Waals surface area contributed by atoms with Crippen molar-refractivity contribution in [1.29, 1.82) is 0 Å². The van der Waals surface area contributed by atoms with Crippen LogP contribution in [0.4, 0.5) is 0 Å². The maximum absolute atomic E-state index is 11.9. The number of amides is 4. The molecule has 2 aromatic rings. The number of carbonyl (C=O) groups is 4. The molecule has 2 aliphatic heterocycles. The van der Waals surface area contributed by atoms with Gasteiger partial charge in [-0.05, 0) is 22.3 Å². The fourth-order valence-electron chi connectivity index (χ4n) is 3.36. The molecule has 0 saturated heterocycles. The van der Waals surface area contributed by atoms with E-state index in [2.05, 4.69) is 0 Å². The summed E-state index contributed by atoms with van der Waals surface area (Å²) in [7, 11) is 0. The normalized spacial score (nSPS) is 16.0. The Kier molecular flexibility index (Phi) is 4.45. The third-order valence-corrected chi connectivity index (χ3v) is 4.78. The zero-order valence-corrected chi connectivity index (χ0v) is 14.9. The van der Waals surface area contributed by atoms with Gasteiger partial charge in [0.2, 0.25) is 0 Å². The van der Waals surface area contributed by atoms with Crippen molar-refractivity contribution in [2.75, 3.05) is 0 Å². The number of hydrogen-bond acceptors (Lipinski definition) is 4. The quantitative estimate of drug-likeness (QED) is 0.754. The fourth-order valence-corrected chi connectivity index (χ4v) is 3.36. The summed E-state index contributed by atoms with van der Waals surface area (Å²) in [4.78, 5) is 50.1. The summed E-state index contributed by atoms with van der Waals surface area (Å²) in [5.74, 6) is -1.36. The lowest BCUT2D eigenvalue weighted by molar-refractivity contribution is -0.139. The smallest absolute Gasteiger partial charge is 0.253 e. The van der Waals surface area contributed by atoms with Crippen LogP contribution in [0.15, 0.2) is 72.8 Å². The van der Waals surface area contributed by atoms with Crippen LogP contribution in [0.25, 0.3) is 11.1 Å². The van der Waals surface area contributed by atoms with Crippen LogP contribution < -0.4 is 0 Å². The van der Waals surface area contributed by atoms with Crippen molar-refractivity contribution < 1.29 is 19.2 Å². The molecule has 0 radical (unpaired) electrons. The van der Waals surface area contributed by atoms with Crippen molar-refractivity contribution in [3.63, 3.8) is 0 Å². The summed E-state index contributed by atoms with van der Waals surface area (Å²) in [6.45, 7) is 0.302. The van der Waals surface area contributed by atoms with Crippen molar-refractivity contribution in [1.82, 2.24) is 9.80 Å². The van der Waals surface area contributed by atoms with E-state index in [0.29, 0.717) is 0 Å². The zero-order chi connectivity index (χ0) is 19.7. The molecule has 0 atom stereocenters. The minimum atomic E-state index is -0.340. The highest BCUT2D eigenvalue weighted by molar-refractivity contribution is 6.13. The average molecular weight is 372 g/mol. The van der Waals surface area contributed by atoms with E-state index in [0.717, 1.165) is 22.3 Å². The molecule has 2 aromatic carbocycles. The molecule has 138 valence electrons. The molecule has 6 nitrogen and oxygen atoms in total. The Balaban J connectivity index is 1.69. The molecule has 0 aromatic heterocycles. The molecule has 0 bridgehead atoms. The second kappa shape index (κ2) is 7.08. The molecule has 0 aliphatic carbocycles. The molecule has 0 N–H and O–H groups in total. The Bertz CT molecular complexity index is 946. The summed E-state index contributed by atoms with van der Waals surface area (Å²) in [6.07, 6.45) is 5.04. The van der Waals surface area contributed by atoms with E-state index in [1.165, 1.54) is 34.1 Å². The molecule has 0 fully saturated rings. The highest BCUT2D eigenvalue weighted by atomic mass is 16.2. The Labute approximate surface area is 161 Å². The van der Waals surface area contributed by atoms with E-state index in [9.17, 15) is 19.2 Å². The van der Waals surface area contributed by atoms with Crippen LogP contribution in [-0.2, 0) is 32.3 Å². The topological polar surface area (TPSA) is 74.8 Å². The zero-order valence-electron chi connectivity index (χ0n) is 14.9. The van der Waals surface area contributed by atoms with Crippen LogP contribution >= 0.6 is 0 Å². The van der Waals surface area contributed by atoms with Crippen LogP contribution in [0.5, 0.6) is 0 Å². The molecule has 6 heteroatoms. The predicted octanol–water partition coefficient (Wildman–Crippen LogP) is 2.20. The maximum Gasteiger partial charge on any atom is 0.253 e. The monoisotopic (exact) mass is 372 g/mol. The number of imide groups is 2. The van der Waals surface area contributed by atoms with Crippen LogP contribution in [0.1, 0.15) is 11.1 Å². The summed E-state index contributed by atoms with van der Waals surface area (Å²) in [6, 6.07) is 15.0. The lowest BCUT2D eigenvalue weighted by Crippen LogP contribution is -2.30.